The Balaban J connectivity index is 2.14. The van der Waals surface area contributed by atoms with E-state index in [9.17, 15) is 8.42 Å². The Labute approximate surface area is 121 Å². The molecule has 0 radical (unpaired) electrons. The minimum atomic E-state index is -3.75. The number of hydrogen-bond acceptors (Lipinski definition) is 5. The van der Waals surface area contributed by atoms with Gasteiger partial charge in [-0.3, -0.25) is 14.7 Å². The number of nitrogen functional groups attached to an aromatic ring is 1. The molecule has 7 heteroatoms. The summed E-state index contributed by atoms with van der Waals surface area (Å²) < 4.78 is 27.5. The van der Waals surface area contributed by atoms with Gasteiger partial charge in [0.1, 0.15) is 4.90 Å². The average Bonchev–Trinajstić information content (AvgIpc) is 2.48. The highest BCUT2D eigenvalue weighted by molar-refractivity contribution is 7.93. The maximum absolute atomic E-state index is 12.5. The molecule has 0 fully saturated rings. The summed E-state index contributed by atoms with van der Waals surface area (Å²) in [7, 11) is -3.75. The van der Waals surface area contributed by atoms with Gasteiger partial charge in [0.25, 0.3) is 10.0 Å². The minimum absolute atomic E-state index is 0.0871. The first-order valence-corrected chi connectivity index (χ1v) is 7.62. The highest BCUT2D eigenvalue weighted by Crippen LogP contribution is 2.27. The summed E-state index contributed by atoms with van der Waals surface area (Å²) in [6, 6.07) is 9.61. The summed E-state index contributed by atoms with van der Waals surface area (Å²) in [6.45, 7) is 0. The zero-order valence-electron chi connectivity index (χ0n) is 10.9. The maximum Gasteiger partial charge on any atom is 0.264 e. The molecule has 0 aliphatic rings. The number of anilines is 2. The molecular weight excluding hydrogens is 288 g/mol. The van der Waals surface area contributed by atoms with Crippen LogP contribution in [0.4, 0.5) is 11.4 Å². The lowest BCUT2D eigenvalue weighted by atomic mass is 10.2. The van der Waals surface area contributed by atoms with Gasteiger partial charge in [-0.1, -0.05) is 0 Å². The van der Waals surface area contributed by atoms with Gasteiger partial charge in [0, 0.05) is 29.7 Å². The Morgan fingerprint density at radius 1 is 1.00 bits per heavy atom. The fraction of sp³-hybridized carbons (Fsp3) is 0. The van der Waals surface area contributed by atoms with Crippen LogP contribution in [0.5, 0.6) is 0 Å². The average molecular weight is 300 g/mol. The van der Waals surface area contributed by atoms with Crippen molar-refractivity contribution in [3.05, 3.63) is 55.0 Å². The fourth-order valence-corrected chi connectivity index (χ4v) is 3.24. The van der Waals surface area contributed by atoms with Crippen LogP contribution in [-0.4, -0.2) is 18.4 Å². The van der Waals surface area contributed by atoms with Crippen molar-refractivity contribution in [3.8, 4) is 0 Å². The molecule has 3 N–H and O–H groups in total. The second-order valence-electron chi connectivity index (χ2n) is 4.39. The molecule has 2 aromatic heterocycles. The summed E-state index contributed by atoms with van der Waals surface area (Å²) in [5.74, 6) is 0. The molecule has 0 spiro atoms. The van der Waals surface area contributed by atoms with Crippen LogP contribution >= 0.6 is 0 Å². The molecule has 6 nitrogen and oxygen atoms in total. The summed E-state index contributed by atoms with van der Waals surface area (Å²) in [4.78, 5) is 8.07. The molecule has 2 heterocycles. The Bertz CT molecular complexity index is 895. The predicted molar refractivity (Wildman–Crippen MR) is 81.2 cm³/mol. The number of nitrogens with zero attached hydrogens (tertiary/aromatic N) is 2. The minimum Gasteiger partial charge on any atom is -0.398 e. The molecular formula is C14H12N4O2S. The van der Waals surface area contributed by atoms with Gasteiger partial charge in [-0.2, -0.15) is 0 Å². The highest BCUT2D eigenvalue weighted by Gasteiger charge is 2.19. The number of aromatic nitrogens is 2. The van der Waals surface area contributed by atoms with Crippen molar-refractivity contribution in [2.24, 2.45) is 0 Å². The molecule has 0 atom stereocenters. The smallest absolute Gasteiger partial charge is 0.264 e. The lowest BCUT2D eigenvalue weighted by molar-refractivity contribution is 0.602. The standard InChI is InChI=1S/C14H12N4O2S/c15-12-3-4-13(14-11(12)2-1-7-17-14)21(19,20)18-10-5-8-16-9-6-10/h1-9H,15H2,(H,16,18). The molecule has 21 heavy (non-hydrogen) atoms. The van der Waals surface area contributed by atoms with Crippen LogP contribution in [0.25, 0.3) is 10.9 Å². The van der Waals surface area contributed by atoms with Gasteiger partial charge in [0.15, 0.2) is 0 Å². The molecule has 3 rings (SSSR count). The van der Waals surface area contributed by atoms with E-state index < -0.39 is 10.0 Å². The number of sulfonamides is 1. The molecule has 0 saturated carbocycles. The van der Waals surface area contributed by atoms with Crippen molar-refractivity contribution in [2.45, 2.75) is 4.90 Å². The Morgan fingerprint density at radius 3 is 2.52 bits per heavy atom. The molecule has 0 saturated heterocycles. The summed E-state index contributed by atoms with van der Waals surface area (Å²) >= 11 is 0. The summed E-state index contributed by atoms with van der Waals surface area (Å²) in [6.07, 6.45) is 4.56. The van der Waals surface area contributed by atoms with Crippen molar-refractivity contribution in [1.82, 2.24) is 9.97 Å². The SMILES string of the molecule is Nc1ccc(S(=O)(=O)Nc2ccncc2)c2ncccc12. The number of hydrogen-bond donors (Lipinski definition) is 2. The molecule has 0 amide bonds. The molecule has 0 aliphatic carbocycles. The van der Waals surface area contributed by atoms with Crippen molar-refractivity contribution < 1.29 is 8.42 Å². The maximum atomic E-state index is 12.5. The summed E-state index contributed by atoms with van der Waals surface area (Å²) in [5, 5.41) is 0.607. The number of benzene rings is 1. The van der Waals surface area contributed by atoms with Gasteiger partial charge in [-0.05, 0) is 36.4 Å². The number of rotatable bonds is 3. The first-order valence-electron chi connectivity index (χ1n) is 6.14. The van der Waals surface area contributed by atoms with Crippen molar-refractivity contribution in [2.75, 3.05) is 10.5 Å². The van der Waals surface area contributed by atoms with E-state index in [1.54, 1.807) is 30.3 Å². The van der Waals surface area contributed by atoms with Crippen LogP contribution in [0.15, 0.2) is 59.9 Å². The first kappa shape index (κ1) is 13.3. The van der Waals surface area contributed by atoms with Crippen LogP contribution in [0.3, 0.4) is 0 Å². The molecule has 0 aliphatic heterocycles. The summed E-state index contributed by atoms with van der Waals surface area (Å²) in [5.41, 5.74) is 7.13. The van der Waals surface area contributed by atoms with Gasteiger partial charge in [0.2, 0.25) is 0 Å². The van der Waals surface area contributed by atoms with E-state index in [1.807, 2.05) is 0 Å². The van der Waals surface area contributed by atoms with E-state index in [-0.39, 0.29) is 4.90 Å². The van der Waals surface area contributed by atoms with Gasteiger partial charge in [0.05, 0.1) is 11.2 Å². The van der Waals surface area contributed by atoms with Gasteiger partial charge < -0.3 is 5.73 Å². The number of nitrogens with two attached hydrogens (primary N) is 1. The van der Waals surface area contributed by atoms with E-state index in [1.165, 1.54) is 24.7 Å². The third-order valence-corrected chi connectivity index (χ3v) is 4.40. The fourth-order valence-electron chi connectivity index (χ4n) is 2.02. The van der Waals surface area contributed by atoms with E-state index in [0.717, 1.165) is 0 Å². The second-order valence-corrected chi connectivity index (χ2v) is 6.04. The van der Waals surface area contributed by atoms with Gasteiger partial charge >= 0.3 is 0 Å². The van der Waals surface area contributed by atoms with Crippen LogP contribution in [0, 0.1) is 0 Å². The van der Waals surface area contributed by atoms with Crippen molar-refractivity contribution in [3.63, 3.8) is 0 Å². The lowest BCUT2D eigenvalue weighted by Gasteiger charge is -2.10. The largest absolute Gasteiger partial charge is 0.398 e. The van der Waals surface area contributed by atoms with Crippen molar-refractivity contribution >= 4 is 32.3 Å². The molecule has 106 valence electrons. The lowest BCUT2D eigenvalue weighted by Crippen LogP contribution is -2.14. The van der Waals surface area contributed by atoms with Crippen LogP contribution in [0.1, 0.15) is 0 Å². The molecule has 0 unspecified atom stereocenters. The monoisotopic (exact) mass is 300 g/mol. The van der Waals surface area contributed by atoms with Crippen LogP contribution < -0.4 is 10.5 Å². The zero-order chi connectivity index (χ0) is 14.9. The number of nitrogens with one attached hydrogen (secondary N) is 1. The molecule has 3 aromatic rings. The normalized spacial score (nSPS) is 11.4. The molecule has 1 aromatic carbocycles. The number of fused-ring (bicyclic) bond motifs is 1. The van der Waals surface area contributed by atoms with Gasteiger partial charge in [-0.15, -0.1) is 0 Å². The predicted octanol–water partition coefficient (Wildman–Crippen LogP) is 2.01. The topological polar surface area (TPSA) is 98.0 Å². The quantitative estimate of drug-likeness (QED) is 0.721. The Kier molecular flexibility index (Phi) is 3.19. The Morgan fingerprint density at radius 2 is 1.76 bits per heavy atom. The van der Waals surface area contributed by atoms with Crippen LogP contribution in [0.2, 0.25) is 0 Å². The highest BCUT2D eigenvalue weighted by atomic mass is 32.2. The van der Waals surface area contributed by atoms with E-state index in [2.05, 4.69) is 14.7 Å². The number of pyridine rings is 2. The third kappa shape index (κ3) is 2.50. The van der Waals surface area contributed by atoms with E-state index >= 15 is 0 Å². The van der Waals surface area contributed by atoms with Crippen molar-refractivity contribution in [1.29, 1.82) is 0 Å². The second kappa shape index (κ2) is 5.02. The third-order valence-electron chi connectivity index (χ3n) is 2.99. The van der Waals surface area contributed by atoms with Crippen LogP contribution in [-0.2, 0) is 10.0 Å². The Hall–Kier alpha value is -2.67. The van der Waals surface area contributed by atoms with Gasteiger partial charge in [-0.25, -0.2) is 8.42 Å². The van der Waals surface area contributed by atoms with E-state index in [0.29, 0.717) is 22.3 Å². The molecule has 0 bridgehead atoms. The first-order chi connectivity index (χ1) is 10.1. The van der Waals surface area contributed by atoms with E-state index in [4.69, 9.17) is 5.73 Å². The zero-order valence-corrected chi connectivity index (χ0v) is 11.7.